The van der Waals surface area contributed by atoms with Crippen molar-refractivity contribution in [2.75, 3.05) is 28.3 Å². The number of nitrogens with zero attached hydrogens (tertiary/aromatic N) is 1. The van der Waals surface area contributed by atoms with E-state index in [1.54, 1.807) is 14.2 Å². The number of imide groups is 1. The number of benzene rings is 2. The maximum absolute atomic E-state index is 12.8. The first-order chi connectivity index (χ1) is 13.4. The summed E-state index contributed by atoms with van der Waals surface area (Å²) in [5.74, 6) is 0.886. The highest BCUT2D eigenvalue weighted by molar-refractivity contribution is 5.97. The van der Waals surface area contributed by atoms with Gasteiger partial charge in [-0.25, -0.2) is 4.79 Å². The highest BCUT2D eigenvalue weighted by Crippen LogP contribution is 2.32. The van der Waals surface area contributed by atoms with E-state index >= 15 is 0 Å². The van der Waals surface area contributed by atoms with Gasteiger partial charge in [0.15, 0.2) is 11.5 Å². The molecule has 2 aromatic rings. The zero-order valence-corrected chi connectivity index (χ0v) is 16.9. The van der Waals surface area contributed by atoms with Crippen molar-refractivity contribution in [3.05, 3.63) is 59.2 Å². The molecule has 0 bridgehead atoms. The monoisotopic (exact) mass is 385 g/mol. The lowest BCUT2D eigenvalue weighted by molar-refractivity contribution is -0.125. The van der Waals surface area contributed by atoms with Gasteiger partial charge in [-0.15, -0.1) is 0 Å². The molecule has 0 saturated heterocycles. The number of hydrogen-bond donors (Lipinski definition) is 2. The van der Waals surface area contributed by atoms with Gasteiger partial charge in [0.2, 0.25) is 5.91 Å². The van der Waals surface area contributed by atoms with Crippen molar-refractivity contribution in [2.45, 2.75) is 19.5 Å². The molecule has 150 valence electrons. The summed E-state index contributed by atoms with van der Waals surface area (Å²) in [6, 6.07) is 12.0. The Labute approximate surface area is 165 Å². The molecule has 2 N–H and O–H groups in total. The first kappa shape index (κ1) is 21.2. The van der Waals surface area contributed by atoms with Gasteiger partial charge in [-0.05, 0) is 42.8 Å². The van der Waals surface area contributed by atoms with E-state index in [4.69, 9.17) is 9.47 Å². The van der Waals surface area contributed by atoms with Crippen molar-refractivity contribution in [2.24, 2.45) is 0 Å². The lowest BCUT2D eigenvalue weighted by Crippen LogP contribution is -2.44. The predicted molar refractivity (Wildman–Crippen MR) is 108 cm³/mol. The molecule has 2 rings (SSSR count). The minimum absolute atomic E-state index is 0.397. The zero-order chi connectivity index (χ0) is 20.7. The molecule has 0 aliphatic rings. The molecule has 0 heterocycles. The fourth-order valence-corrected chi connectivity index (χ4v) is 3.04. The summed E-state index contributed by atoms with van der Waals surface area (Å²) in [5, 5.41) is 4.78. The normalized spacial score (nSPS) is 11.6. The molecular formula is C21H27N3O4. The number of nitrogens with one attached hydrogen (secondary N) is 2. The standard InChI is InChI=1S/C21H27N3O4/c1-14-11-17(27-4)18(28-5)12-16(14)13-24(3)19(15-9-7-6-8-10-15)20(25)23-21(26)22-2/h6-12,19H,13H2,1-5H3,(H2,22,23,25,26)/t19-/m0/s1. The molecule has 0 aliphatic carbocycles. The van der Waals surface area contributed by atoms with Crippen LogP contribution < -0.4 is 20.1 Å². The number of carbonyl (C=O) groups is 2. The van der Waals surface area contributed by atoms with Crippen LogP contribution in [-0.4, -0.2) is 45.2 Å². The summed E-state index contributed by atoms with van der Waals surface area (Å²) in [7, 11) is 6.50. The zero-order valence-electron chi connectivity index (χ0n) is 16.9. The van der Waals surface area contributed by atoms with E-state index < -0.39 is 18.0 Å². The Balaban J connectivity index is 2.34. The topological polar surface area (TPSA) is 79.9 Å². The largest absolute Gasteiger partial charge is 0.493 e. The van der Waals surface area contributed by atoms with Crippen molar-refractivity contribution in [1.82, 2.24) is 15.5 Å². The fourth-order valence-electron chi connectivity index (χ4n) is 3.04. The first-order valence-electron chi connectivity index (χ1n) is 8.90. The molecular weight excluding hydrogens is 358 g/mol. The van der Waals surface area contributed by atoms with Gasteiger partial charge >= 0.3 is 6.03 Å². The second kappa shape index (κ2) is 9.75. The van der Waals surface area contributed by atoms with E-state index in [1.165, 1.54) is 7.05 Å². The van der Waals surface area contributed by atoms with Gasteiger partial charge in [-0.2, -0.15) is 0 Å². The van der Waals surface area contributed by atoms with E-state index in [1.807, 2.05) is 61.3 Å². The Morgan fingerprint density at radius 3 is 2.25 bits per heavy atom. The van der Waals surface area contributed by atoms with Gasteiger partial charge in [0.25, 0.3) is 0 Å². The van der Waals surface area contributed by atoms with Gasteiger partial charge in [-0.3, -0.25) is 15.0 Å². The van der Waals surface area contributed by atoms with E-state index in [2.05, 4.69) is 10.6 Å². The first-order valence-corrected chi connectivity index (χ1v) is 8.90. The third-order valence-electron chi connectivity index (χ3n) is 4.53. The molecule has 0 aromatic heterocycles. The van der Waals surface area contributed by atoms with Gasteiger partial charge in [0, 0.05) is 13.6 Å². The predicted octanol–water partition coefficient (Wildman–Crippen LogP) is 2.64. The summed E-state index contributed by atoms with van der Waals surface area (Å²) in [6.07, 6.45) is 0. The quantitative estimate of drug-likeness (QED) is 0.766. The average Bonchev–Trinajstić information content (AvgIpc) is 2.69. The minimum atomic E-state index is -0.633. The Morgan fingerprint density at radius 2 is 1.68 bits per heavy atom. The Bertz CT molecular complexity index is 824. The maximum Gasteiger partial charge on any atom is 0.321 e. The molecule has 0 unspecified atom stereocenters. The van der Waals surface area contributed by atoms with Crippen LogP contribution in [0.5, 0.6) is 11.5 Å². The van der Waals surface area contributed by atoms with Crippen molar-refractivity contribution in [3.8, 4) is 11.5 Å². The van der Waals surface area contributed by atoms with Gasteiger partial charge in [0.05, 0.1) is 14.2 Å². The summed E-state index contributed by atoms with van der Waals surface area (Å²) in [4.78, 5) is 26.3. The van der Waals surface area contributed by atoms with E-state index in [-0.39, 0.29) is 0 Å². The van der Waals surface area contributed by atoms with E-state index in [9.17, 15) is 9.59 Å². The minimum Gasteiger partial charge on any atom is -0.493 e. The maximum atomic E-state index is 12.8. The van der Waals surface area contributed by atoms with E-state index in [0.717, 1.165) is 16.7 Å². The highest BCUT2D eigenvalue weighted by Gasteiger charge is 2.27. The van der Waals surface area contributed by atoms with Gasteiger partial charge < -0.3 is 14.8 Å². The average molecular weight is 385 g/mol. The molecule has 7 nitrogen and oxygen atoms in total. The lowest BCUT2D eigenvalue weighted by atomic mass is 10.0. The van der Waals surface area contributed by atoms with E-state index in [0.29, 0.717) is 18.0 Å². The second-order valence-corrected chi connectivity index (χ2v) is 6.43. The summed E-state index contributed by atoms with van der Waals surface area (Å²) < 4.78 is 10.7. The number of likely N-dealkylation sites (N-methyl/N-ethyl adjacent to an activating group) is 1. The number of methoxy groups -OCH3 is 2. The van der Waals surface area contributed by atoms with Crippen molar-refractivity contribution < 1.29 is 19.1 Å². The van der Waals surface area contributed by atoms with Crippen LogP contribution >= 0.6 is 0 Å². The Morgan fingerprint density at radius 1 is 1.07 bits per heavy atom. The summed E-state index contributed by atoms with van der Waals surface area (Å²) in [6.45, 7) is 2.46. The van der Waals surface area contributed by atoms with Crippen molar-refractivity contribution in [1.29, 1.82) is 0 Å². The number of amides is 3. The van der Waals surface area contributed by atoms with Crippen LogP contribution in [0.4, 0.5) is 4.79 Å². The third kappa shape index (κ3) is 5.01. The molecule has 0 radical (unpaired) electrons. The molecule has 7 heteroatoms. The van der Waals surface area contributed by atoms with Crippen LogP contribution in [0.2, 0.25) is 0 Å². The Kier molecular flexibility index (Phi) is 7.40. The molecule has 3 amide bonds. The van der Waals surface area contributed by atoms with Crippen LogP contribution in [0.1, 0.15) is 22.7 Å². The summed E-state index contributed by atoms with van der Waals surface area (Å²) >= 11 is 0. The van der Waals surface area contributed by atoms with Crippen LogP contribution in [0, 0.1) is 6.92 Å². The summed E-state index contributed by atoms with van der Waals surface area (Å²) in [5.41, 5.74) is 2.81. The number of ether oxygens (including phenoxy) is 2. The second-order valence-electron chi connectivity index (χ2n) is 6.43. The number of urea groups is 1. The molecule has 0 spiro atoms. The Hall–Kier alpha value is -3.06. The van der Waals surface area contributed by atoms with Crippen molar-refractivity contribution >= 4 is 11.9 Å². The molecule has 28 heavy (non-hydrogen) atoms. The number of hydrogen-bond acceptors (Lipinski definition) is 5. The van der Waals surface area contributed by atoms with Crippen molar-refractivity contribution in [3.63, 3.8) is 0 Å². The van der Waals surface area contributed by atoms with Crippen LogP contribution in [0.3, 0.4) is 0 Å². The molecule has 1 atom stereocenters. The highest BCUT2D eigenvalue weighted by atomic mass is 16.5. The molecule has 0 saturated carbocycles. The molecule has 0 aliphatic heterocycles. The van der Waals surface area contributed by atoms with Gasteiger partial charge in [-0.1, -0.05) is 30.3 Å². The van der Waals surface area contributed by atoms with Gasteiger partial charge in [0.1, 0.15) is 6.04 Å². The van der Waals surface area contributed by atoms with Crippen LogP contribution in [-0.2, 0) is 11.3 Å². The lowest BCUT2D eigenvalue weighted by Gasteiger charge is -2.28. The smallest absolute Gasteiger partial charge is 0.321 e. The fraction of sp³-hybridized carbons (Fsp3) is 0.333. The number of carbonyl (C=O) groups excluding carboxylic acids is 2. The molecule has 0 fully saturated rings. The number of rotatable bonds is 7. The number of aryl methyl sites for hydroxylation is 1. The SMILES string of the molecule is CNC(=O)NC(=O)[C@H](c1ccccc1)N(C)Cc1cc(OC)c(OC)cc1C. The molecule has 2 aromatic carbocycles. The third-order valence-corrected chi connectivity index (χ3v) is 4.53. The van der Waals surface area contributed by atoms with Crippen LogP contribution in [0.25, 0.3) is 0 Å². The van der Waals surface area contributed by atoms with Crippen LogP contribution in [0.15, 0.2) is 42.5 Å².